The second kappa shape index (κ2) is 6.61. The monoisotopic (exact) mass is 285 g/mol. The van der Waals surface area contributed by atoms with Gasteiger partial charge in [-0.1, -0.05) is 6.07 Å². The average Bonchev–Trinajstić information content (AvgIpc) is 2.49. The molecular weight excluding hydrogens is 264 g/mol. The SMILES string of the molecule is CNC(Cc1ccc(F)c(F)c1)C1(OC)CCOCC1. The van der Waals surface area contributed by atoms with Gasteiger partial charge in [0.2, 0.25) is 0 Å². The Morgan fingerprint density at radius 3 is 2.55 bits per heavy atom. The Bertz CT molecular complexity index is 447. The highest BCUT2D eigenvalue weighted by Crippen LogP contribution is 2.30. The van der Waals surface area contributed by atoms with Crippen LogP contribution in [0.2, 0.25) is 0 Å². The first-order valence-electron chi connectivity index (χ1n) is 6.85. The maximum absolute atomic E-state index is 13.3. The molecule has 0 spiro atoms. The minimum atomic E-state index is -0.817. The van der Waals surface area contributed by atoms with E-state index in [0.717, 1.165) is 18.4 Å². The molecule has 1 aliphatic heterocycles. The largest absolute Gasteiger partial charge is 0.381 e. The molecule has 0 saturated carbocycles. The normalized spacial score (nSPS) is 19.8. The lowest BCUT2D eigenvalue weighted by Crippen LogP contribution is -2.55. The van der Waals surface area contributed by atoms with E-state index in [-0.39, 0.29) is 11.6 Å². The molecule has 1 fully saturated rings. The summed E-state index contributed by atoms with van der Waals surface area (Å²) in [6.07, 6.45) is 2.17. The van der Waals surface area contributed by atoms with Crippen molar-refractivity contribution in [2.75, 3.05) is 27.4 Å². The lowest BCUT2D eigenvalue weighted by molar-refractivity contribution is -0.109. The Balaban J connectivity index is 2.16. The predicted octanol–water partition coefficient (Wildman–Crippen LogP) is 2.29. The zero-order valence-corrected chi connectivity index (χ0v) is 11.9. The number of methoxy groups -OCH3 is 1. The molecule has 1 aromatic carbocycles. The minimum Gasteiger partial charge on any atom is -0.381 e. The molecule has 20 heavy (non-hydrogen) atoms. The summed E-state index contributed by atoms with van der Waals surface area (Å²) >= 11 is 0. The lowest BCUT2D eigenvalue weighted by atomic mass is 9.82. The van der Waals surface area contributed by atoms with Crippen LogP contribution >= 0.6 is 0 Å². The molecule has 1 unspecified atom stereocenters. The van der Waals surface area contributed by atoms with E-state index in [9.17, 15) is 8.78 Å². The van der Waals surface area contributed by atoms with E-state index in [2.05, 4.69) is 5.32 Å². The maximum Gasteiger partial charge on any atom is 0.159 e. The van der Waals surface area contributed by atoms with Gasteiger partial charge in [-0.05, 0) is 31.2 Å². The van der Waals surface area contributed by atoms with Gasteiger partial charge in [0, 0.05) is 39.2 Å². The van der Waals surface area contributed by atoms with Crippen molar-refractivity contribution >= 4 is 0 Å². The van der Waals surface area contributed by atoms with Gasteiger partial charge in [0.25, 0.3) is 0 Å². The first-order valence-corrected chi connectivity index (χ1v) is 6.85. The van der Waals surface area contributed by atoms with Gasteiger partial charge < -0.3 is 14.8 Å². The van der Waals surface area contributed by atoms with Gasteiger partial charge in [0.15, 0.2) is 11.6 Å². The molecule has 1 aromatic rings. The van der Waals surface area contributed by atoms with Gasteiger partial charge in [0.1, 0.15) is 0 Å². The Kier molecular flexibility index (Phi) is 5.07. The van der Waals surface area contributed by atoms with Crippen molar-refractivity contribution in [3.63, 3.8) is 0 Å². The van der Waals surface area contributed by atoms with Crippen molar-refractivity contribution in [1.82, 2.24) is 5.32 Å². The van der Waals surface area contributed by atoms with Gasteiger partial charge in [-0.2, -0.15) is 0 Å². The fraction of sp³-hybridized carbons (Fsp3) is 0.600. The third-order valence-corrected chi connectivity index (χ3v) is 4.15. The summed E-state index contributed by atoms with van der Waals surface area (Å²) in [6.45, 7) is 1.31. The molecule has 1 N–H and O–H groups in total. The summed E-state index contributed by atoms with van der Waals surface area (Å²) in [5.74, 6) is -1.63. The molecule has 3 nitrogen and oxygen atoms in total. The fourth-order valence-electron chi connectivity index (χ4n) is 2.87. The Morgan fingerprint density at radius 1 is 1.30 bits per heavy atom. The number of hydrogen-bond acceptors (Lipinski definition) is 3. The Labute approximate surface area is 118 Å². The predicted molar refractivity (Wildman–Crippen MR) is 72.7 cm³/mol. The quantitative estimate of drug-likeness (QED) is 0.900. The zero-order valence-electron chi connectivity index (χ0n) is 11.9. The third-order valence-electron chi connectivity index (χ3n) is 4.15. The molecule has 1 aliphatic rings. The molecule has 1 saturated heterocycles. The number of benzene rings is 1. The number of halogens is 2. The van der Waals surface area contributed by atoms with E-state index < -0.39 is 11.6 Å². The van der Waals surface area contributed by atoms with Gasteiger partial charge in [-0.15, -0.1) is 0 Å². The third kappa shape index (κ3) is 3.16. The van der Waals surface area contributed by atoms with Crippen LogP contribution in [0.25, 0.3) is 0 Å². The average molecular weight is 285 g/mol. The van der Waals surface area contributed by atoms with Crippen molar-refractivity contribution in [3.05, 3.63) is 35.4 Å². The summed E-state index contributed by atoms with van der Waals surface area (Å²) in [4.78, 5) is 0. The first kappa shape index (κ1) is 15.4. The van der Waals surface area contributed by atoms with Crippen LogP contribution in [0.5, 0.6) is 0 Å². The highest BCUT2D eigenvalue weighted by atomic mass is 19.2. The van der Waals surface area contributed by atoms with Crippen molar-refractivity contribution in [3.8, 4) is 0 Å². The van der Waals surface area contributed by atoms with Crippen LogP contribution < -0.4 is 5.32 Å². The molecule has 112 valence electrons. The smallest absolute Gasteiger partial charge is 0.159 e. The number of likely N-dealkylation sites (N-methyl/N-ethyl adjacent to an activating group) is 1. The summed E-state index contributed by atoms with van der Waals surface area (Å²) in [7, 11) is 3.56. The van der Waals surface area contributed by atoms with Crippen LogP contribution in [0, 0.1) is 11.6 Å². The second-order valence-corrected chi connectivity index (χ2v) is 5.18. The van der Waals surface area contributed by atoms with Crippen LogP contribution in [-0.2, 0) is 15.9 Å². The first-order chi connectivity index (χ1) is 9.61. The number of rotatable bonds is 5. The fourth-order valence-corrected chi connectivity index (χ4v) is 2.87. The van der Waals surface area contributed by atoms with E-state index in [1.165, 1.54) is 12.1 Å². The molecule has 0 aliphatic carbocycles. The van der Waals surface area contributed by atoms with E-state index in [0.29, 0.717) is 19.6 Å². The van der Waals surface area contributed by atoms with Gasteiger partial charge in [-0.3, -0.25) is 0 Å². The molecule has 1 atom stereocenters. The molecule has 0 aromatic heterocycles. The molecule has 5 heteroatoms. The van der Waals surface area contributed by atoms with Crippen LogP contribution in [0.4, 0.5) is 8.78 Å². The molecule has 0 bridgehead atoms. The molecule has 1 heterocycles. The highest BCUT2D eigenvalue weighted by molar-refractivity contribution is 5.20. The van der Waals surface area contributed by atoms with Crippen molar-refractivity contribution in [2.24, 2.45) is 0 Å². The Morgan fingerprint density at radius 2 is 2.00 bits per heavy atom. The van der Waals surface area contributed by atoms with Crippen molar-refractivity contribution in [1.29, 1.82) is 0 Å². The Hall–Kier alpha value is -1.04. The summed E-state index contributed by atoms with van der Waals surface area (Å²) in [6, 6.07) is 4.07. The van der Waals surface area contributed by atoms with Crippen LogP contribution in [0.3, 0.4) is 0 Å². The van der Waals surface area contributed by atoms with E-state index in [4.69, 9.17) is 9.47 Å². The van der Waals surface area contributed by atoms with Crippen LogP contribution in [0.15, 0.2) is 18.2 Å². The summed E-state index contributed by atoms with van der Waals surface area (Å²) in [5.41, 5.74) is 0.434. The standard InChI is InChI=1S/C15H21F2NO2/c1-18-14(15(19-2)5-7-20-8-6-15)10-11-3-4-12(16)13(17)9-11/h3-4,9,14,18H,5-8,10H2,1-2H3. The van der Waals surface area contributed by atoms with Crippen molar-refractivity contribution < 1.29 is 18.3 Å². The van der Waals surface area contributed by atoms with Crippen LogP contribution in [0.1, 0.15) is 18.4 Å². The van der Waals surface area contributed by atoms with E-state index in [1.54, 1.807) is 13.2 Å². The van der Waals surface area contributed by atoms with E-state index in [1.807, 2.05) is 7.05 Å². The van der Waals surface area contributed by atoms with Gasteiger partial charge >= 0.3 is 0 Å². The molecule has 0 radical (unpaired) electrons. The van der Waals surface area contributed by atoms with E-state index >= 15 is 0 Å². The second-order valence-electron chi connectivity index (χ2n) is 5.18. The summed E-state index contributed by atoms with van der Waals surface area (Å²) in [5, 5.41) is 3.25. The maximum atomic E-state index is 13.3. The lowest BCUT2D eigenvalue weighted by Gasteiger charge is -2.42. The molecule has 2 rings (SSSR count). The topological polar surface area (TPSA) is 30.5 Å². The van der Waals surface area contributed by atoms with Gasteiger partial charge in [0.05, 0.1) is 5.60 Å². The highest BCUT2D eigenvalue weighted by Gasteiger charge is 2.39. The molecular formula is C15H21F2NO2. The van der Waals surface area contributed by atoms with Gasteiger partial charge in [-0.25, -0.2) is 8.78 Å². The number of ether oxygens (including phenoxy) is 2. The van der Waals surface area contributed by atoms with Crippen LogP contribution in [-0.4, -0.2) is 39.0 Å². The van der Waals surface area contributed by atoms with Crippen molar-refractivity contribution in [2.45, 2.75) is 30.9 Å². The molecule has 0 amide bonds. The zero-order chi connectivity index (χ0) is 14.6. The summed E-state index contributed by atoms with van der Waals surface area (Å²) < 4.78 is 37.4. The minimum absolute atomic E-state index is 0.0289. The number of nitrogens with one attached hydrogen (secondary N) is 1. The number of hydrogen-bond donors (Lipinski definition) is 1.